The Labute approximate surface area is 252 Å². The van der Waals surface area contributed by atoms with Crippen LogP contribution in [0, 0.1) is 5.41 Å². The van der Waals surface area contributed by atoms with E-state index < -0.39 is 5.60 Å². The molecule has 7 heteroatoms. The molecule has 0 aromatic heterocycles. The van der Waals surface area contributed by atoms with Crippen molar-refractivity contribution < 1.29 is 19.1 Å². The molecule has 7 nitrogen and oxygen atoms in total. The van der Waals surface area contributed by atoms with Gasteiger partial charge in [0.15, 0.2) is 0 Å². The molecule has 2 heterocycles. The van der Waals surface area contributed by atoms with Crippen molar-refractivity contribution in [1.29, 1.82) is 0 Å². The first-order valence-corrected chi connectivity index (χ1v) is 15.7. The average molecular weight is 576 g/mol. The quantitative estimate of drug-likeness (QED) is 0.381. The zero-order chi connectivity index (χ0) is 30.1. The standard InChI is InChI=1S/C35H49N3O4/c1-25(2)29-9-7-8-10-30(29)31-23-36(18-15-26-11-13-28(41-6)14-12-26)24-32(39)38(31)27-21-35(22-27)16-19-37(20-17-35)33(40)42-34(3,4)5/h7-14,25,27,31H,15-24H2,1-6H3. The monoisotopic (exact) mass is 575 g/mol. The third-order valence-electron chi connectivity index (χ3n) is 9.47. The number of hydrogen-bond donors (Lipinski definition) is 0. The molecule has 3 fully saturated rings. The number of carbonyl (C=O) groups excluding carboxylic acids is 2. The van der Waals surface area contributed by atoms with Crippen LogP contribution in [0.25, 0.3) is 0 Å². The third kappa shape index (κ3) is 6.77. The van der Waals surface area contributed by atoms with Gasteiger partial charge in [0.1, 0.15) is 11.4 Å². The lowest BCUT2D eigenvalue weighted by Gasteiger charge is -2.58. The van der Waals surface area contributed by atoms with Crippen molar-refractivity contribution in [3.05, 3.63) is 65.2 Å². The molecule has 1 unspecified atom stereocenters. The van der Waals surface area contributed by atoms with Gasteiger partial charge in [-0.2, -0.15) is 0 Å². The fourth-order valence-corrected chi connectivity index (χ4v) is 7.17. The van der Waals surface area contributed by atoms with Crippen LogP contribution in [0.4, 0.5) is 4.79 Å². The Balaban J connectivity index is 1.28. The van der Waals surface area contributed by atoms with Gasteiger partial charge in [0, 0.05) is 32.2 Å². The van der Waals surface area contributed by atoms with E-state index in [0.717, 1.165) is 64.0 Å². The van der Waals surface area contributed by atoms with E-state index in [1.54, 1.807) is 7.11 Å². The number of carbonyl (C=O) groups is 2. The second-order valence-electron chi connectivity index (χ2n) is 14.0. The first kappa shape index (κ1) is 30.4. The van der Waals surface area contributed by atoms with E-state index in [0.29, 0.717) is 12.5 Å². The largest absolute Gasteiger partial charge is 0.497 e. The maximum Gasteiger partial charge on any atom is 0.410 e. The molecule has 228 valence electrons. The van der Waals surface area contributed by atoms with Gasteiger partial charge in [-0.15, -0.1) is 0 Å². The van der Waals surface area contributed by atoms with Gasteiger partial charge in [-0.3, -0.25) is 9.69 Å². The molecule has 1 saturated carbocycles. The summed E-state index contributed by atoms with van der Waals surface area (Å²) in [7, 11) is 1.69. The third-order valence-corrected chi connectivity index (χ3v) is 9.47. The molecular weight excluding hydrogens is 526 g/mol. The van der Waals surface area contributed by atoms with Crippen molar-refractivity contribution in [3.8, 4) is 5.75 Å². The first-order valence-electron chi connectivity index (χ1n) is 15.7. The molecule has 0 N–H and O–H groups in total. The lowest BCUT2D eigenvalue weighted by atomic mass is 9.59. The number of likely N-dealkylation sites (tertiary alicyclic amines) is 1. The van der Waals surface area contributed by atoms with Gasteiger partial charge in [-0.05, 0) is 93.0 Å². The fraction of sp³-hybridized carbons (Fsp3) is 0.600. The molecule has 3 aliphatic rings. The summed E-state index contributed by atoms with van der Waals surface area (Å²) >= 11 is 0. The van der Waals surface area contributed by atoms with E-state index in [1.165, 1.54) is 16.7 Å². The Kier molecular flexibility index (Phi) is 8.89. The van der Waals surface area contributed by atoms with Crippen LogP contribution in [-0.4, -0.2) is 78.2 Å². The van der Waals surface area contributed by atoms with E-state index in [1.807, 2.05) is 37.8 Å². The number of rotatable bonds is 7. The van der Waals surface area contributed by atoms with Crippen LogP contribution in [0.3, 0.4) is 0 Å². The van der Waals surface area contributed by atoms with E-state index in [4.69, 9.17) is 9.47 Å². The molecule has 2 amide bonds. The molecule has 5 rings (SSSR count). The van der Waals surface area contributed by atoms with E-state index in [9.17, 15) is 9.59 Å². The molecule has 1 atom stereocenters. The van der Waals surface area contributed by atoms with Crippen molar-refractivity contribution in [1.82, 2.24) is 14.7 Å². The second-order valence-corrected chi connectivity index (χ2v) is 14.0. The van der Waals surface area contributed by atoms with Crippen molar-refractivity contribution in [2.24, 2.45) is 5.41 Å². The Morgan fingerprint density at radius 3 is 2.31 bits per heavy atom. The molecule has 2 aromatic carbocycles. The van der Waals surface area contributed by atoms with Gasteiger partial charge in [-0.25, -0.2) is 4.79 Å². The molecule has 1 spiro atoms. The minimum absolute atomic E-state index is 0.0462. The summed E-state index contributed by atoms with van der Waals surface area (Å²) < 4.78 is 10.9. The van der Waals surface area contributed by atoms with Gasteiger partial charge in [0.05, 0.1) is 19.7 Å². The fourth-order valence-electron chi connectivity index (χ4n) is 7.17. The number of methoxy groups -OCH3 is 1. The molecule has 2 saturated heterocycles. The molecule has 2 aromatic rings. The van der Waals surface area contributed by atoms with Crippen molar-refractivity contribution in [2.45, 2.75) is 90.3 Å². The molecule has 0 bridgehead atoms. The van der Waals surface area contributed by atoms with E-state index in [2.05, 4.69) is 60.0 Å². The Morgan fingerprint density at radius 1 is 1.02 bits per heavy atom. The normalized spacial score (nSPS) is 21.5. The van der Waals surface area contributed by atoms with Crippen LogP contribution in [-0.2, 0) is 16.0 Å². The van der Waals surface area contributed by atoms with Crippen LogP contribution in [0.2, 0.25) is 0 Å². The van der Waals surface area contributed by atoms with Gasteiger partial charge < -0.3 is 19.3 Å². The number of ether oxygens (including phenoxy) is 2. The van der Waals surface area contributed by atoms with E-state index in [-0.39, 0.29) is 29.5 Å². The Morgan fingerprint density at radius 2 is 1.69 bits per heavy atom. The zero-order valence-corrected chi connectivity index (χ0v) is 26.4. The minimum Gasteiger partial charge on any atom is -0.497 e. The van der Waals surface area contributed by atoms with Crippen LogP contribution in [0.1, 0.15) is 89.0 Å². The van der Waals surface area contributed by atoms with E-state index >= 15 is 0 Å². The number of amides is 2. The highest BCUT2D eigenvalue weighted by Crippen LogP contribution is 2.53. The van der Waals surface area contributed by atoms with Crippen LogP contribution < -0.4 is 4.74 Å². The predicted octanol–water partition coefficient (Wildman–Crippen LogP) is 6.43. The highest BCUT2D eigenvalue weighted by molar-refractivity contribution is 5.80. The van der Waals surface area contributed by atoms with Gasteiger partial charge in [-0.1, -0.05) is 50.2 Å². The Hall–Kier alpha value is -3.06. The number of nitrogens with zero attached hydrogens (tertiary/aromatic N) is 3. The number of hydrogen-bond acceptors (Lipinski definition) is 5. The molecule has 0 radical (unpaired) electrons. The van der Waals surface area contributed by atoms with Crippen LogP contribution in [0.5, 0.6) is 5.75 Å². The number of piperazine rings is 1. The minimum atomic E-state index is -0.480. The summed E-state index contributed by atoms with van der Waals surface area (Å²) in [6, 6.07) is 17.2. The summed E-state index contributed by atoms with van der Waals surface area (Å²) in [5.74, 6) is 1.49. The highest BCUT2D eigenvalue weighted by Gasteiger charge is 2.52. The number of benzene rings is 2. The lowest BCUT2D eigenvalue weighted by molar-refractivity contribution is -0.153. The zero-order valence-electron chi connectivity index (χ0n) is 26.4. The number of piperidine rings is 1. The lowest BCUT2D eigenvalue weighted by Crippen LogP contribution is -2.62. The molecule has 1 aliphatic carbocycles. The van der Waals surface area contributed by atoms with Gasteiger partial charge in [0.25, 0.3) is 0 Å². The predicted molar refractivity (Wildman–Crippen MR) is 166 cm³/mol. The van der Waals surface area contributed by atoms with Crippen molar-refractivity contribution in [3.63, 3.8) is 0 Å². The maximum absolute atomic E-state index is 13.9. The van der Waals surface area contributed by atoms with Crippen molar-refractivity contribution in [2.75, 3.05) is 39.8 Å². The van der Waals surface area contributed by atoms with Crippen LogP contribution in [0.15, 0.2) is 48.5 Å². The molecule has 2 aliphatic heterocycles. The van der Waals surface area contributed by atoms with Crippen LogP contribution >= 0.6 is 0 Å². The summed E-state index contributed by atoms with van der Waals surface area (Å²) in [5, 5.41) is 0. The summed E-state index contributed by atoms with van der Waals surface area (Å²) in [5.41, 5.74) is 3.61. The Bertz CT molecular complexity index is 1240. The highest BCUT2D eigenvalue weighted by atomic mass is 16.6. The summed E-state index contributed by atoms with van der Waals surface area (Å²) in [6.45, 7) is 13.8. The summed E-state index contributed by atoms with van der Waals surface area (Å²) in [6.07, 6.45) is 4.69. The van der Waals surface area contributed by atoms with Gasteiger partial charge >= 0.3 is 6.09 Å². The maximum atomic E-state index is 13.9. The average Bonchev–Trinajstić information content (AvgIpc) is 2.94. The smallest absolute Gasteiger partial charge is 0.410 e. The topological polar surface area (TPSA) is 62.3 Å². The first-order chi connectivity index (χ1) is 20.0. The van der Waals surface area contributed by atoms with Gasteiger partial charge in [0.2, 0.25) is 5.91 Å². The SMILES string of the molecule is COc1ccc(CCN2CC(=O)N(C3CC4(CCN(C(=O)OC(C)(C)C)CC4)C3)C(c3ccccc3C(C)C)C2)cc1. The van der Waals surface area contributed by atoms with Crippen molar-refractivity contribution >= 4 is 12.0 Å². The summed E-state index contributed by atoms with van der Waals surface area (Å²) in [4.78, 5) is 33.0. The molecule has 42 heavy (non-hydrogen) atoms. The molecular formula is C35H49N3O4. The second kappa shape index (κ2) is 12.3.